The van der Waals surface area contributed by atoms with Crippen molar-refractivity contribution in [1.29, 1.82) is 0 Å². The second kappa shape index (κ2) is 8.13. The summed E-state index contributed by atoms with van der Waals surface area (Å²) < 4.78 is 17.8. The van der Waals surface area contributed by atoms with E-state index in [9.17, 15) is 0 Å². The molecule has 0 spiro atoms. The van der Waals surface area contributed by atoms with Crippen molar-refractivity contribution < 1.29 is 14.2 Å². The fraction of sp³-hybridized carbons (Fsp3) is 0.619. The van der Waals surface area contributed by atoms with Gasteiger partial charge in [-0.05, 0) is 71.0 Å². The summed E-state index contributed by atoms with van der Waals surface area (Å²) in [5, 5.41) is 0. The van der Waals surface area contributed by atoms with Crippen LogP contribution in [0.25, 0.3) is 0 Å². The number of benzene rings is 1. The molecule has 0 aliphatic carbocycles. The van der Waals surface area contributed by atoms with Crippen LogP contribution in [0.3, 0.4) is 0 Å². The van der Waals surface area contributed by atoms with E-state index in [-0.39, 0.29) is 11.5 Å². The number of aryl methyl sites for hydroxylation is 1. The number of allylic oxidation sites excluding steroid dienone is 1. The number of nitrogens with zero attached hydrogens (tertiary/aromatic N) is 1. The predicted octanol–water partition coefficient (Wildman–Crippen LogP) is 4.42. The minimum Gasteiger partial charge on any atom is -0.497 e. The third kappa shape index (κ3) is 4.30. The van der Waals surface area contributed by atoms with Crippen LogP contribution in [-0.2, 0) is 4.74 Å². The molecule has 1 heterocycles. The highest BCUT2D eigenvalue weighted by Crippen LogP contribution is 2.43. The topological polar surface area (TPSA) is 30.9 Å². The highest BCUT2D eigenvalue weighted by atomic mass is 16.5. The van der Waals surface area contributed by atoms with E-state index in [1.807, 2.05) is 31.2 Å². The molecule has 0 amide bonds. The molecule has 25 heavy (non-hydrogen) atoms. The van der Waals surface area contributed by atoms with Crippen molar-refractivity contribution in [3.8, 4) is 11.5 Å². The number of hydrogen-bond acceptors (Lipinski definition) is 4. The van der Waals surface area contributed by atoms with E-state index in [0.717, 1.165) is 42.2 Å². The van der Waals surface area contributed by atoms with Gasteiger partial charge in [-0.2, -0.15) is 0 Å². The molecule has 2 rings (SSSR count). The zero-order chi connectivity index (χ0) is 18.6. The van der Waals surface area contributed by atoms with Crippen LogP contribution in [-0.4, -0.2) is 44.9 Å². The highest BCUT2D eigenvalue weighted by molar-refractivity contribution is 5.43. The minimum atomic E-state index is -0.144. The molecular formula is C21H33NO3. The molecule has 0 bridgehead atoms. The maximum atomic E-state index is 6.55. The number of likely N-dealkylation sites (tertiary alicyclic amines) is 1. The Morgan fingerprint density at radius 1 is 1.32 bits per heavy atom. The molecular weight excluding hydrogens is 314 g/mol. The van der Waals surface area contributed by atoms with Crippen molar-refractivity contribution >= 4 is 0 Å². The zero-order valence-corrected chi connectivity index (χ0v) is 16.8. The first-order valence-electron chi connectivity index (χ1n) is 9.06. The summed E-state index contributed by atoms with van der Waals surface area (Å²) in [4.78, 5) is 2.41. The maximum Gasteiger partial charge on any atom is 0.162 e. The van der Waals surface area contributed by atoms with Gasteiger partial charge < -0.3 is 19.1 Å². The molecule has 1 aromatic rings. The summed E-state index contributed by atoms with van der Waals surface area (Å²) in [5.41, 5.74) is 1.15. The second-order valence-corrected chi connectivity index (χ2v) is 7.49. The molecule has 3 atom stereocenters. The van der Waals surface area contributed by atoms with E-state index in [4.69, 9.17) is 14.2 Å². The van der Waals surface area contributed by atoms with Crippen molar-refractivity contribution in [2.24, 2.45) is 5.41 Å². The largest absolute Gasteiger partial charge is 0.497 e. The van der Waals surface area contributed by atoms with Crippen LogP contribution in [0.15, 0.2) is 30.0 Å². The molecule has 1 aliphatic heterocycles. The average Bonchev–Trinajstić information content (AvgIpc) is 2.59. The molecule has 0 N–H and O–H groups in total. The van der Waals surface area contributed by atoms with Gasteiger partial charge in [-0.15, -0.1) is 0 Å². The van der Waals surface area contributed by atoms with Gasteiger partial charge in [0.1, 0.15) is 5.76 Å². The summed E-state index contributed by atoms with van der Waals surface area (Å²) >= 11 is 0. The van der Waals surface area contributed by atoms with Gasteiger partial charge in [-0.1, -0.05) is 13.0 Å². The van der Waals surface area contributed by atoms with Crippen LogP contribution < -0.4 is 9.47 Å². The summed E-state index contributed by atoms with van der Waals surface area (Å²) in [6.07, 6.45) is 3.99. The molecule has 140 valence electrons. The van der Waals surface area contributed by atoms with Gasteiger partial charge in [-0.25, -0.2) is 0 Å². The third-order valence-corrected chi connectivity index (χ3v) is 5.53. The Hall–Kier alpha value is -1.68. The molecule has 1 aliphatic rings. The molecule has 1 fully saturated rings. The first-order chi connectivity index (χ1) is 11.8. The second-order valence-electron chi connectivity index (χ2n) is 7.49. The molecule has 0 aromatic heterocycles. The molecule has 1 aromatic carbocycles. The van der Waals surface area contributed by atoms with Crippen LogP contribution in [0.1, 0.15) is 39.2 Å². The first kappa shape index (κ1) is 19.6. The van der Waals surface area contributed by atoms with Crippen LogP contribution in [0, 0.1) is 12.3 Å². The Labute approximate surface area is 152 Å². The van der Waals surface area contributed by atoms with Crippen molar-refractivity contribution in [2.45, 2.75) is 52.7 Å². The van der Waals surface area contributed by atoms with Gasteiger partial charge in [0.05, 0.1) is 14.2 Å². The normalized spacial score (nSPS) is 26.2. The number of ether oxygens (including phenoxy) is 3. The van der Waals surface area contributed by atoms with E-state index in [2.05, 4.69) is 32.7 Å². The Bertz CT molecular complexity index is 613. The van der Waals surface area contributed by atoms with E-state index in [0.29, 0.717) is 6.04 Å². The summed E-state index contributed by atoms with van der Waals surface area (Å²) in [5.74, 6) is 2.41. The van der Waals surface area contributed by atoms with Gasteiger partial charge in [0.15, 0.2) is 17.6 Å². The van der Waals surface area contributed by atoms with Gasteiger partial charge in [0.25, 0.3) is 0 Å². The molecule has 3 unspecified atom stereocenters. The van der Waals surface area contributed by atoms with Crippen molar-refractivity contribution in [3.63, 3.8) is 0 Å². The quantitative estimate of drug-likeness (QED) is 0.713. The van der Waals surface area contributed by atoms with E-state index < -0.39 is 0 Å². The summed E-state index contributed by atoms with van der Waals surface area (Å²) in [6.45, 7) is 9.72. The lowest BCUT2D eigenvalue weighted by molar-refractivity contribution is -0.0164. The maximum absolute atomic E-state index is 6.55. The highest BCUT2D eigenvalue weighted by Gasteiger charge is 2.43. The first-order valence-corrected chi connectivity index (χ1v) is 9.06. The molecule has 4 heteroatoms. The van der Waals surface area contributed by atoms with Crippen molar-refractivity contribution in [1.82, 2.24) is 4.90 Å². The number of piperidine rings is 1. The van der Waals surface area contributed by atoms with Crippen LogP contribution in [0.5, 0.6) is 11.5 Å². The minimum absolute atomic E-state index is 0.00145. The molecule has 0 radical (unpaired) electrons. The number of methoxy groups -OCH3 is 2. The smallest absolute Gasteiger partial charge is 0.162 e. The van der Waals surface area contributed by atoms with Gasteiger partial charge in [-0.3, -0.25) is 0 Å². The lowest BCUT2D eigenvalue weighted by atomic mass is 9.72. The lowest BCUT2D eigenvalue weighted by Gasteiger charge is -2.46. The monoisotopic (exact) mass is 347 g/mol. The molecule has 1 saturated heterocycles. The fourth-order valence-corrected chi connectivity index (χ4v) is 3.75. The van der Waals surface area contributed by atoms with Crippen molar-refractivity contribution in [3.05, 3.63) is 35.6 Å². The Balaban J connectivity index is 2.39. The summed E-state index contributed by atoms with van der Waals surface area (Å²) in [6, 6.07) is 6.55. The number of hydrogen-bond donors (Lipinski definition) is 0. The van der Waals surface area contributed by atoms with Crippen molar-refractivity contribution in [2.75, 3.05) is 27.8 Å². The van der Waals surface area contributed by atoms with Crippen LogP contribution in [0.4, 0.5) is 0 Å². The average molecular weight is 347 g/mol. The lowest BCUT2D eigenvalue weighted by Crippen LogP contribution is -2.50. The number of rotatable bonds is 6. The van der Waals surface area contributed by atoms with E-state index in [1.54, 1.807) is 14.2 Å². The van der Waals surface area contributed by atoms with Crippen LogP contribution in [0.2, 0.25) is 0 Å². The molecule has 4 nitrogen and oxygen atoms in total. The SMILES string of the molecule is C/C=C(/OC)C(Oc1cc(C)ccc1OC)C1(C)CCN(C)C(C)C1. The van der Waals surface area contributed by atoms with Gasteiger partial charge >= 0.3 is 0 Å². The fourth-order valence-electron chi connectivity index (χ4n) is 3.75. The zero-order valence-electron chi connectivity index (χ0n) is 16.8. The van der Waals surface area contributed by atoms with Crippen LogP contribution >= 0.6 is 0 Å². The van der Waals surface area contributed by atoms with Gasteiger partial charge in [0.2, 0.25) is 0 Å². The molecule has 0 saturated carbocycles. The standard InChI is InChI=1S/C21H33NO3/c1-8-17(23-6)20(21(4)11-12-22(5)16(3)14-21)25-19-13-15(2)9-10-18(19)24-7/h8-10,13,16,20H,11-12,14H2,1-7H3/b17-8+. The Morgan fingerprint density at radius 3 is 2.60 bits per heavy atom. The summed E-state index contributed by atoms with van der Waals surface area (Å²) in [7, 11) is 5.59. The van der Waals surface area contributed by atoms with E-state index >= 15 is 0 Å². The van der Waals surface area contributed by atoms with E-state index in [1.165, 1.54) is 0 Å². The Morgan fingerprint density at radius 2 is 2.04 bits per heavy atom. The third-order valence-electron chi connectivity index (χ3n) is 5.53. The van der Waals surface area contributed by atoms with Gasteiger partial charge in [0, 0.05) is 11.5 Å². The Kier molecular flexibility index (Phi) is 6.39. The predicted molar refractivity (Wildman–Crippen MR) is 102 cm³/mol.